The molecule has 4 N–H and O–H groups in total. The van der Waals surface area contributed by atoms with Crippen LogP contribution >= 0.6 is 0 Å². The molecule has 0 bridgehead atoms. The molecule has 0 rings (SSSR count). The fourth-order valence-corrected chi connectivity index (χ4v) is 7.66. The van der Waals surface area contributed by atoms with Crippen LogP contribution in [0.2, 0.25) is 0 Å². The van der Waals surface area contributed by atoms with Crippen LogP contribution in [0.1, 0.15) is 258 Å². The van der Waals surface area contributed by atoms with Crippen molar-refractivity contribution in [2.75, 3.05) is 6.61 Å². The lowest BCUT2D eigenvalue weighted by Gasteiger charge is -2.21. The summed E-state index contributed by atoms with van der Waals surface area (Å²) in [6, 6.07) is -0.768. The van der Waals surface area contributed by atoms with Gasteiger partial charge in [0.1, 0.15) is 0 Å². The lowest BCUT2D eigenvalue weighted by molar-refractivity contribution is -0.124. The molecule has 0 aromatic rings. The Labute approximate surface area is 361 Å². The number of carbonyl (C=O) groups excluding carboxylic acids is 1. The minimum Gasteiger partial charge on any atom is -0.394 e. The van der Waals surface area contributed by atoms with Crippen LogP contribution in [0.15, 0.2) is 48.6 Å². The van der Waals surface area contributed by atoms with Gasteiger partial charge in [0.25, 0.3) is 0 Å². The molecule has 3 atom stereocenters. The first-order chi connectivity index (χ1) is 28.5. The summed E-state index contributed by atoms with van der Waals surface area (Å²) in [4.78, 5) is 12.5. The lowest BCUT2D eigenvalue weighted by atomic mass is 10.0. The summed E-state index contributed by atoms with van der Waals surface area (Å²) in [5.41, 5.74) is 0. The monoisotopic (exact) mass is 814 g/mol. The van der Waals surface area contributed by atoms with Crippen molar-refractivity contribution in [1.82, 2.24) is 5.32 Å². The van der Waals surface area contributed by atoms with Gasteiger partial charge in [-0.3, -0.25) is 4.79 Å². The molecule has 0 aliphatic heterocycles. The highest BCUT2D eigenvalue weighted by Crippen LogP contribution is 2.16. The van der Waals surface area contributed by atoms with Crippen molar-refractivity contribution >= 4 is 5.91 Å². The average molecular weight is 814 g/mol. The van der Waals surface area contributed by atoms with Crippen molar-refractivity contribution < 1.29 is 20.1 Å². The zero-order valence-corrected chi connectivity index (χ0v) is 38.7. The summed E-state index contributed by atoms with van der Waals surface area (Å²) in [6.45, 7) is 4.19. The van der Waals surface area contributed by atoms with Gasteiger partial charge < -0.3 is 20.6 Å². The second kappa shape index (κ2) is 48.0. The van der Waals surface area contributed by atoms with Crippen molar-refractivity contribution in [2.24, 2.45) is 0 Å². The van der Waals surface area contributed by atoms with Gasteiger partial charge >= 0.3 is 0 Å². The van der Waals surface area contributed by atoms with Gasteiger partial charge in [-0.2, -0.15) is 0 Å². The molecule has 3 unspecified atom stereocenters. The number of amides is 1. The van der Waals surface area contributed by atoms with Crippen molar-refractivity contribution in [2.45, 2.75) is 276 Å². The normalized spacial score (nSPS) is 13.8. The fourth-order valence-electron chi connectivity index (χ4n) is 7.66. The second-order valence-corrected chi connectivity index (χ2v) is 17.4. The molecule has 0 spiro atoms. The summed E-state index contributed by atoms with van der Waals surface area (Å²) < 4.78 is 0. The number of unbranched alkanes of at least 4 members (excludes halogenated alkanes) is 31. The largest absolute Gasteiger partial charge is 0.394 e. The van der Waals surface area contributed by atoms with Crippen LogP contribution in [0.25, 0.3) is 0 Å². The predicted molar refractivity (Wildman–Crippen MR) is 254 cm³/mol. The standard InChI is InChI=1S/C53H99NO4/c1-3-5-7-9-11-13-15-17-19-20-21-22-23-24-25-26-27-28-29-30-31-33-34-36-38-40-42-44-46-50(56)48-53(58)54-51(49-55)52(57)47-45-43-41-39-37-35-32-18-16-14-12-10-8-6-4-2/h16,18,24-25,37,39,45,47,50-52,55-57H,3-15,17,19-23,26-36,38,40-44,46,48-49H2,1-2H3,(H,54,58)/b18-16+,25-24-,39-37+,47-45+. The third-order valence-corrected chi connectivity index (χ3v) is 11.6. The van der Waals surface area contributed by atoms with E-state index in [2.05, 4.69) is 55.6 Å². The van der Waals surface area contributed by atoms with Gasteiger partial charge in [0.2, 0.25) is 5.91 Å². The molecule has 0 aliphatic rings. The van der Waals surface area contributed by atoms with Gasteiger partial charge in [-0.1, -0.05) is 229 Å². The Balaban J connectivity index is 3.60. The van der Waals surface area contributed by atoms with Gasteiger partial charge in [-0.25, -0.2) is 0 Å². The highest BCUT2D eigenvalue weighted by atomic mass is 16.3. The van der Waals surface area contributed by atoms with Gasteiger partial charge in [0.05, 0.1) is 31.3 Å². The van der Waals surface area contributed by atoms with E-state index in [1.54, 1.807) is 6.08 Å². The summed E-state index contributed by atoms with van der Waals surface area (Å²) in [5.74, 6) is -0.329. The van der Waals surface area contributed by atoms with E-state index in [9.17, 15) is 20.1 Å². The number of nitrogens with one attached hydrogen (secondary N) is 1. The molecule has 0 aromatic carbocycles. The SMILES string of the molecule is CCCCCCC/C=C/CC/C=C/CC/C=C/C(O)C(CO)NC(=O)CC(O)CCCCCCCCCCCCCC/C=C\CCCCCCCCCCCCCC. The van der Waals surface area contributed by atoms with Crippen molar-refractivity contribution in [3.8, 4) is 0 Å². The molecule has 0 aromatic heterocycles. The van der Waals surface area contributed by atoms with Crippen LogP contribution in [0.4, 0.5) is 0 Å². The van der Waals surface area contributed by atoms with Gasteiger partial charge in [0.15, 0.2) is 0 Å². The number of rotatable bonds is 46. The number of carbonyl (C=O) groups is 1. The molecule has 1 amide bonds. The van der Waals surface area contributed by atoms with Crippen LogP contribution in [-0.4, -0.2) is 46.1 Å². The van der Waals surface area contributed by atoms with E-state index in [-0.39, 0.29) is 18.9 Å². The molecule has 0 heterocycles. The molecule has 5 heteroatoms. The molecular formula is C53H99NO4. The second-order valence-electron chi connectivity index (χ2n) is 17.4. The lowest BCUT2D eigenvalue weighted by Crippen LogP contribution is -2.45. The Hall–Kier alpha value is -1.69. The minimum absolute atomic E-state index is 0.00207. The van der Waals surface area contributed by atoms with Crippen LogP contribution < -0.4 is 5.32 Å². The first kappa shape index (κ1) is 56.3. The molecule has 0 fully saturated rings. The summed E-state index contributed by atoms with van der Waals surface area (Å²) in [7, 11) is 0. The summed E-state index contributed by atoms with van der Waals surface area (Å²) in [6.07, 6.45) is 62.8. The maximum atomic E-state index is 12.5. The van der Waals surface area contributed by atoms with Crippen LogP contribution in [-0.2, 0) is 4.79 Å². The Morgan fingerprint density at radius 3 is 1.10 bits per heavy atom. The summed E-state index contributed by atoms with van der Waals surface area (Å²) >= 11 is 0. The topological polar surface area (TPSA) is 89.8 Å². The number of hydrogen-bond acceptors (Lipinski definition) is 4. The van der Waals surface area contributed by atoms with Crippen LogP contribution in [0.3, 0.4) is 0 Å². The molecule has 5 nitrogen and oxygen atoms in total. The Morgan fingerprint density at radius 1 is 0.431 bits per heavy atom. The molecule has 340 valence electrons. The number of allylic oxidation sites excluding steroid dienone is 7. The Bertz CT molecular complexity index is 943. The van der Waals surface area contributed by atoms with Gasteiger partial charge in [-0.15, -0.1) is 0 Å². The number of aliphatic hydroxyl groups is 3. The first-order valence-corrected chi connectivity index (χ1v) is 25.4. The van der Waals surface area contributed by atoms with E-state index in [4.69, 9.17) is 0 Å². The molecule has 58 heavy (non-hydrogen) atoms. The van der Waals surface area contributed by atoms with E-state index in [1.807, 2.05) is 6.08 Å². The maximum Gasteiger partial charge on any atom is 0.222 e. The van der Waals surface area contributed by atoms with Crippen molar-refractivity contribution in [3.05, 3.63) is 48.6 Å². The predicted octanol–water partition coefficient (Wildman–Crippen LogP) is 15.3. The van der Waals surface area contributed by atoms with Gasteiger partial charge in [-0.05, 0) is 70.6 Å². The molecular weight excluding hydrogens is 715 g/mol. The van der Waals surface area contributed by atoms with Crippen molar-refractivity contribution in [1.29, 1.82) is 0 Å². The number of hydrogen-bond donors (Lipinski definition) is 4. The van der Waals surface area contributed by atoms with Gasteiger partial charge in [0, 0.05) is 0 Å². The molecule has 0 saturated carbocycles. The van der Waals surface area contributed by atoms with E-state index in [0.717, 1.165) is 38.5 Å². The highest BCUT2D eigenvalue weighted by molar-refractivity contribution is 5.76. The molecule has 0 radical (unpaired) electrons. The molecule has 0 aliphatic carbocycles. The Kier molecular flexibility index (Phi) is 46.6. The number of aliphatic hydroxyl groups excluding tert-OH is 3. The van der Waals surface area contributed by atoms with Crippen LogP contribution in [0.5, 0.6) is 0 Å². The first-order valence-electron chi connectivity index (χ1n) is 25.4. The van der Waals surface area contributed by atoms with Crippen LogP contribution in [0, 0.1) is 0 Å². The zero-order chi connectivity index (χ0) is 42.3. The third-order valence-electron chi connectivity index (χ3n) is 11.6. The smallest absolute Gasteiger partial charge is 0.222 e. The highest BCUT2D eigenvalue weighted by Gasteiger charge is 2.20. The van der Waals surface area contributed by atoms with E-state index in [0.29, 0.717) is 6.42 Å². The molecule has 0 saturated heterocycles. The van der Waals surface area contributed by atoms with Crippen molar-refractivity contribution in [3.63, 3.8) is 0 Å². The maximum absolute atomic E-state index is 12.5. The summed E-state index contributed by atoms with van der Waals surface area (Å²) in [5, 5.41) is 33.3. The van der Waals surface area contributed by atoms with E-state index >= 15 is 0 Å². The fraction of sp³-hybridized carbons (Fsp3) is 0.830. The van der Waals surface area contributed by atoms with E-state index < -0.39 is 18.2 Å². The average Bonchev–Trinajstić information content (AvgIpc) is 3.22. The Morgan fingerprint density at radius 2 is 0.741 bits per heavy atom. The minimum atomic E-state index is -0.960. The quantitative estimate of drug-likeness (QED) is 0.0364. The third kappa shape index (κ3) is 43.9. The zero-order valence-electron chi connectivity index (χ0n) is 38.7. The van der Waals surface area contributed by atoms with E-state index in [1.165, 1.54) is 193 Å².